The molecule has 110 valence electrons. The molecule has 0 aromatic heterocycles. The number of benzene rings is 1. The Morgan fingerprint density at radius 1 is 1.60 bits per heavy atom. The Balaban J connectivity index is 2.92. The van der Waals surface area contributed by atoms with Crippen molar-refractivity contribution in [2.24, 2.45) is 0 Å². The van der Waals surface area contributed by atoms with Crippen LogP contribution in [0.1, 0.15) is 18.1 Å². The maximum atomic E-state index is 13.6. The molecule has 20 heavy (non-hydrogen) atoms. The fourth-order valence-corrected chi connectivity index (χ4v) is 1.82. The molecule has 1 aromatic carbocycles. The van der Waals surface area contributed by atoms with Crippen LogP contribution in [-0.4, -0.2) is 35.9 Å². The average Bonchev–Trinajstić information content (AvgIpc) is 2.42. The Labute approximate surface area is 116 Å². The third kappa shape index (κ3) is 4.32. The van der Waals surface area contributed by atoms with Crippen LogP contribution in [0.5, 0.6) is 5.75 Å². The lowest BCUT2D eigenvalue weighted by atomic mass is 9.99. The van der Waals surface area contributed by atoms with E-state index in [-0.39, 0.29) is 17.7 Å². The number of nitrogens with one attached hydrogen (secondary N) is 1. The summed E-state index contributed by atoms with van der Waals surface area (Å²) in [6.45, 7) is 3.85. The molecular weight excluding hydrogens is 265 g/mol. The van der Waals surface area contributed by atoms with E-state index in [9.17, 15) is 14.3 Å². The van der Waals surface area contributed by atoms with Gasteiger partial charge in [0.05, 0.1) is 19.6 Å². The van der Waals surface area contributed by atoms with Crippen molar-refractivity contribution in [1.29, 1.82) is 0 Å². The summed E-state index contributed by atoms with van der Waals surface area (Å²) < 4.78 is 18.4. The van der Waals surface area contributed by atoms with Crippen LogP contribution in [0.15, 0.2) is 30.9 Å². The Hall–Kier alpha value is -1.92. The second kappa shape index (κ2) is 7.62. The van der Waals surface area contributed by atoms with Crippen LogP contribution < -0.4 is 10.1 Å². The number of hydrogen-bond donors (Lipinski definition) is 3. The average molecular weight is 283 g/mol. The van der Waals surface area contributed by atoms with Gasteiger partial charge in [0.2, 0.25) is 0 Å². The Morgan fingerprint density at radius 2 is 2.30 bits per heavy atom. The van der Waals surface area contributed by atoms with Gasteiger partial charge in [-0.25, -0.2) is 4.39 Å². The molecule has 0 spiro atoms. The highest BCUT2D eigenvalue weighted by atomic mass is 19.1. The van der Waals surface area contributed by atoms with Crippen molar-refractivity contribution in [3.05, 3.63) is 42.2 Å². The topological polar surface area (TPSA) is 78.8 Å². The number of carbonyl (C=O) groups is 1. The lowest BCUT2D eigenvalue weighted by Crippen LogP contribution is -2.37. The molecule has 0 radical (unpaired) electrons. The molecule has 0 bridgehead atoms. The van der Waals surface area contributed by atoms with E-state index in [0.29, 0.717) is 6.54 Å². The number of methoxy groups -OCH3 is 1. The van der Waals surface area contributed by atoms with Gasteiger partial charge in [0.1, 0.15) is 0 Å². The largest absolute Gasteiger partial charge is 0.494 e. The molecule has 0 aliphatic heterocycles. The van der Waals surface area contributed by atoms with Gasteiger partial charge in [-0.2, -0.15) is 0 Å². The number of halogens is 1. The molecule has 0 heterocycles. The Bertz CT molecular complexity index is 478. The third-order valence-corrected chi connectivity index (χ3v) is 2.82. The second-order valence-electron chi connectivity index (χ2n) is 4.24. The first-order valence-corrected chi connectivity index (χ1v) is 6.07. The fraction of sp³-hybridized carbons (Fsp3) is 0.357. The quantitative estimate of drug-likeness (QED) is 0.630. The molecule has 1 aromatic rings. The van der Waals surface area contributed by atoms with Crippen LogP contribution in [0.3, 0.4) is 0 Å². The summed E-state index contributed by atoms with van der Waals surface area (Å²) in [7, 11) is 1.34. The fourth-order valence-electron chi connectivity index (χ4n) is 1.82. The van der Waals surface area contributed by atoms with E-state index in [0.717, 1.165) is 6.07 Å². The number of rotatable bonds is 8. The maximum Gasteiger partial charge on any atom is 0.305 e. The van der Waals surface area contributed by atoms with Crippen molar-refractivity contribution in [3.8, 4) is 5.75 Å². The Morgan fingerprint density at radius 3 is 2.80 bits per heavy atom. The number of carboxylic acids is 1. The van der Waals surface area contributed by atoms with Crippen LogP contribution >= 0.6 is 0 Å². The molecule has 0 amide bonds. The zero-order chi connectivity index (χ0) is 15.1. The number of aliphatic hydroxyl groups excluding tert-OH is 1. The first kappa shape index (κ1) is 16.1. The number of aliphatic carboxylic acids is 1. The summed E-state index contributed by atoms with van der Waals surface area (Å²) in [5.74, 6) is -1.60. The van der Waals surface area contributed by atoms with Gasteiger partial charge >= 0.3 is 5.97 Å². The zero-order valence-electron chi connectivity index (χ0n) is 11.2. The molecule has 6 heteroatoms. The minimum absolute atomic E-state index is 0.0646. The van der Waals surface area contributed by atoms with Gasteiger partial charge in [-0.05, 0) is 17.7 Å². The summed E-state index contributed by atoms with van der Waals surface area (Å²) in [5, 5.41) is 21.9. The highest BCUT2D eigenvalue weighted by molar-refractivity contribution is 5.67. The Kier molecular flexibility index (Phi) is 6.14. The summed E-state index contributed by atoms with van der Waals surface area (Å²) in [4.78, 5) is 10.8. The minimum atomic E-state index is -1.15. The van der Waals surface area contributed by atoms with Crippen LogP contribution in [0.2, 0.25) is 0 Å². The van der Waals surface area contributed by atoms with Gasteiger partial charge in [0.15, 0.2) is 11.6 Å². The van der Waals surface area contributed by atoms with E-state index in [1.807, 2.05) is 0 Å². The van der Waals surface area contributed by atoms with E-state index < -0.39 is 23.9 Å². The van der Waals surface area contributed by atoms with Crippen LogP contribution in [-0.2, 0) is 4.79 Å². The van der Waals surface area contributed by atoms with E-state index >= 15 is 0 Å². The van der Waals surface area contributed by atoms with Gasteiger partial charge in [0, 0.05) is 12.6 Å². The normalized spacial score (nSPS) is 13.6. The maximum absolute atomic E-state index is 13.6. The van der Waals surface area contributed by atoms with Crippen molar-refractivity contribution in [3.63, 3.8) is 0 Å². The first-order valence-electron chi connectivity index (χ1n) is 6.07. The van der Waals surface area contributed by atoms with Crippen LogP contribution in [0, 0.1) is 5.82 Å². The van der Waals surface area contributed by atoms with E-state index in [1.54, 1.807) is 6.08 Å². The summed E-state index contributed by atoms with van der Waals surface area (Å²) in [6.07, 6.45) is 0.116. The molecule has 2 atom stereocenters. The second-order valence-corrected chi connectivity index (χ2v) is 4.24. The highest BCUT2D eigenvalue weighted by Gasteiger charge is 2.23. The minimum Gasteiger partial charge on any atom is -0.494 e. The lowest BCUT2D eigenvalue weighted by molar-refractivity contribution is -0.138. The van der Waals surface area contributed by atoms with Crippen LogP contribution in [0.25, 0.3) is 0 Å². The molecule has 5 nitrogen and oxygen atoms in total. The molecule has 3 N–H and O–H groups in total. The van der Waals surface area contributed by atoms with Gasteiger partial charge in [-0.1, -0.05) is 12.1 Å². The predicted molar refractivity (Wildman–Crippen MR) is 72.2 cm³/mol. The molecule has 2 unspecified atom stereocenters. The van der Waals surface area contributed by atoms with E-state index in [2.05, 4.69) is 11.9 Å². The molecule has 0 saturated heterocycles. The molecule has 1 rings (SSSR count). The van der Waals surface area contributed by atoms with Crippen LogP contribution in [0.4, 0.5) is 4.39 Å². The summed E-state index contributed by atoms with van der Waals surface area (Å²) in [5.41, 5.74) is 0.283. The zero-order valence-corrected chi connectivity index (χ0v) is 11.2. The van der Waals surface area contributed by atoms with Gasteiger partial charge in [0.25, 0.3) is 0 Å². The predicted octanol–water partition coefficient (Wildman–Crippen LogP) is 1.49. The first-order chi connectivity index (χ1) is 9.49. The summed E-state index contributed by atoms with van der Waals surface area (Å²) in [6, 6.07) is 3.28. The van der Waals surface area contributed by atoms with Crippen molar-refractivity contribution in [2.45, 2.75) is 18.6 Å². The smallest absolute Gasteiger partial charge is 0.305 e. The highest BCUT2D eigenvalue weighted by Crippen LogP contribution is 2.24. The SMILES string of the molecule is C=CCNC(CC(=O)O)C(O)c1ccc(OC)c(F)c1. The number of aliphatic hydroxyl groups is 1. The van der Waals surface area contributed by atoms with E-state index in [1.165, 1.54) is 19.2 Å². The standard InChI is InChI=1S/C14H18FNO4/c1-3-6-16-11(8-13(17)18)14(19)9-4-5-12(20-2)10(15)7-9/h3-5,7,11,14,16,19H,1,6,8H2,2H3,(H,17,18). The monoisotopic (exact) mass is 283 g/mol. The number of carboxylic acid groups (broad SMARTS) is 1. The van der Waals surface area contributed by atoms with Crippen molar-refractivity contribution >= 4 is 5.97 Å². The van der Waals surface area contributed by atoms with Crippen molar-refractivity contribution < 1.29 is 24.1 Å². The number of ether oxygens (including phenoxy) is 1. The number of hydrogen-bond acceptors (Lipinski definition) is 4. The van der Waals surface area contributed by atoms with Gasteiger partial charge < -0.3 is 20.3 Å². The third-order valence-electron chi connectivity index (χ3n) is 2.82. The van der Waals surface area contributed by atoms with E-state index in [4.69, 9.17) is 9.84 Å². The van der Waals surface area contributed by atoms with Gasteiger partial charge in [-0.3, -0.25) is 4.79 Å². The lowest BCUT2D eigenvalue weighted by Gasteiger charge is -2.23. The van der Waals surface area contributed by atoms with Crippen molar-refractivity contribution in [2.75, 3.05) is 13.7 Å². The molecule has 0 fully saturated rings. The molecule has 0 saturated carbocycles. The van der Waals surface area contributed by atoms with Gasteiger partial charge in [-0.15, -0.1) is 6.58 Å². The molecular formula is C14H18FNO4. The van der Waals surface area contributed by atoms with Crippen molar-refractivity contribution in [1.82, 2.24) is 5.32 Å². The molecule has 0 aliphatic rings. The molecule has 0 aliphatic carbocycles. The summed E-state index contributed by atoms with van der Waals surface area (Å²) >= 11 is 0.